The fourth-order valence-electron chi connectivity index (χ4n) is 0.946. The van der Waals surface area contributed by atoms with Crippen LogP contribution in [0.1, 0.15) is 18.1 Å². The van der Waals surface area contributed by atoms with E-state index in [9.17, 15) is 0 Å². The van der Waals surface area contributed by atoms with Gasteiger partial charge in [0.2, 0.25) is 0 Å². The Balaban J connectivity index is 3.01. The van der Waals surface area contributed by atoms with E-state index >= 15 is 0 Å². The van der Waals surface area contributed by atoms with Crippen LogP contribution in [0.5, 0.6) is 0 Å². The molecule has 0 fully saturated rings. The number of nitrogens with zero attached hydrogens (tertiary/aromatic N) is 2. The average Bonchev–Trinajstić information content (AvgIpc) is 2.09. The second-order valence-electron chi connectivity index (χ2n) is 2.48. The zero-order chi connectivity index (χ0) is 8.97. The summed E-state index contributed by atoms with van der Waals surface area (Å²) in [6.45, 7) is 2.04. The quantitative estimate of drug-likeness (QED) is 0.656. The predicted octanol–water partition coefficient (Wildman–Crippen LogP) is 2.36. The molecule has 62 valence electrons. The van der Waals surface area contributed by atoms with Crippen molar-refractivity contribution in [2.24, 2.45) is 0 Å². The lowest BCUT2D eigenvalue weighted by Gasteiger charge is -2.00. The maximum absolute atomic E-state index is 8.47. The van der Waals surface area contributed by atoms with E-state index in [1.165, 1.54) is 0 Å². The summed E-state index contributed by atoms with van der Waals surface area (Å²) in [6, 6.07) is 3.98. The van der Waals surface area contributed by atoms with Gasteiger partial charge in [-0.05, 0) is 12.0 Å². The van der Waals surface area contributed by atoms with Crippen molar-refractivity contribution in [3.63, 3.8) is 0 Å². The minimum atomic E-state index is 0.333. The van der Waals surface area contributed by atoms with Crippen LogP contribution in [0, 0.1) is 11.3 Å². The average molecular weight is 181 g/mol. The molecule has 3 heteroatoms. The Morgan fingerprint density at radius 2 is 2.42 bits per heavy atom. The van der Waals surface area contributed by atoms with E-state index in [0.29, 0.717) is 11.6 Å². The monoisotopic (exact) mass is 180 g/mol. The molecular formula is C9H9ClN2. The molecule has 0 aliphatic rings. The van der Waals surface area contributed by atoms with Gasteiger partial charge in [0.15, 0.2) is 0 Å². The van der Waals surface area contributed by atoms with E-state index in [4.69, 9.17) is 16.9 Å². The van der Waals surface area contributed by atoms with Gasteiger partial charge in [0.1, 0.15) is 5.15 Å². The summed E-state index contributed by atoms with van der Waals surface area (Å²) in [7, 11) is 0. The summed E-state index contributed by atoms with van der Waals surface area (Å²) >= 11 is 5.77. The van der Waals surface area contributed by atoms with Crippen molar-refractivity contribution in [3.05, 3.63) is 28.5 Å². The van der Waals surface area contributed by atoms with Crippen molar-refractivity contribution in [1.29, 1.82) is 5.26 Å². The summed E-state index contributed by atoms with van der Waals surface area (Å²) in [5, 5.41) is 8.91. The molecule has 0 amide bonds. The SMILES string of the molecule is CCc1cnc(Cl)c(CC#N)c1. The number of aromatic nitrogens is 1. The van der Waals surface area contributed by atoms with E-state index in [-0.39, 0.29) is 0 Å². The van der Waals surface area contributed by atoms with Crippen molar-refractivity contribution in [2.45, 2.75) is 19.8 Å². The van der Waals surface area contributed by atoms with Gasteiger partial charge in [-0.25, -0.2) is 4.98 Å². The highest BCUT2D eigenvalue weighted by molar-refractivity contribution is 6.30. The molecule has 0 aromatic carbocycles. The van der Waals surface area contributed by atoms with Gasteiger partial charge in [-0.3, -0.25) is 0 Å². The summed E-state index contributed by atoms with van der Waals surface area (Å²) in [5.41, 5.74) is 1.93. The fraction of sp³-hybridized carbons (Fsp3) is 0.333. The molecule has 0 spiro atoms. The molecule has 0 saturated carbocycles. The lowest BCUT2D eigenvalue weighted by Crippen LogP contribution is -1.90. The minimum absolute atomic E-state index is 0.333. The van der Waals surface area contributed by atoms with Gasteiger partial charge in [-0.2, -0.15) is 5.26 Å². The Kier molecular flexibility index (Phi) is 3.07. The Morgan fingerprint density at radius 3 is 3.00 bits per heavy atom. The fourth-order valence-corrected chi connectivity index (χ4v) is 1.12. The largest absolute Gasteiger partial charge is 0.244 e. The van der Waals surface area contributed by atoms with Gasteiger partial charge >= 0.3 is 0 Å². The van der Waals surface area contributed by atoms with Crippen molar-refractivity contribution in [2.75, 3.05) is 0 Å². The van der Waals surface area contributed by atoms with Crippen LogP contribution in [-0.4, -0.2) is 4.98 Å². The van der Waals surface area contributed by atoms with Gasteiger partial charge in [0, 0.05) is 11.8 Å². The Morgan fingerprint density at radius 1 is 1.67 bits per heavy atom. The van der Waals surface area contributed by atoms with Crippen LogP contribution in [-0.2, 0) is 12.8 Å². The lowest BCUT2D eigenvalue weighted by atomic mass is 10.1. The van der Waals surface area contributed by atoms with Crippen LogP contribution in [0.4, 0.5) is 0 Å². The lowest BCUT2D eigenvalue weighted by molar-refractivity contribution is 1.07. The van der Waals surface area contributed by atoms with Crippen LogP contribution < -0.4 is 0 Å². The molecule has 1 heterocycles. The number of pyridine rings is 1. The maximum atomic E-state index is 8.47. The van der Waals surface area contributed by atoms with E-state index in [1.807, 2.05) is 13.0 Å². The van der Waals surface area contributed by atoms with Gasteiger partial charge in [-0.15, -0.1) is 0 Å². The predicted molar refractivity (Wildman–Crippen MR) is 47.9 cm³/mol. The molecule has 2 nitrogen and oxygen atoms in total. The third kappa shape index (κ3) is 1.96. The molecule has 0 saturated heterocycles. The normalized spacial score (nSPS) is 9.42. The van der Waals surface area contributed by atoms with Gasteiger partial charge in [-0.1, -0.05) is 24.6 Å². The maximum Gasteiger partial charge on any atom is 0.133 e. The summed E-state index contributed by atoms with van der Waals surface area (Å²) in [5.74, 6) is 0. The van der Waals surface area contributed by atoms with Crippen LogP contribution in [0.25, 0.3) is 0 Å². The van der Waals surface area contributed by atoms with Gasteiger partial charge < -0.3 is 0 Å². The molecule has 0 aliphatic carbocycles. The van der Waals surface area contributed by atoms with Crippen molar-refractivity contribution in [3.8, 4) is 6.07 Å². The number of aryl methyl sites for hydroxylation is 1. The molecule has 0 aliphatic heterocycles. The summed E-state index contributed by atoms with van der Waals surface area (Å²) in [4.78, 5) is 3.98. The molecule has 0 unspecified atom stereocenters. The Bertz CT molecular complexity index is 315. The second kappa shape index (κ2) is 4.08. The standard InChI is InChI=1S/C9H9ClN2/c1-2-7-5-8(3-4-11)9(10)12-6-7/h5-6H,2-3H2,1H3. The first-order valence-corrected chi connectivity index (χ1v) is 4.16. The van der Waals surface area contributed by atoms with Crippen molar-refractivity contribution < 1.29 is 0 Å². The van der Waals surface area contributed by atoms with Gasteiger partial charge in [0.25, 0.3) is 0 Å². The van der Waals surface area contributed by atoms with Crippen LogP contribution in [0.3, 0.4) is 0 Å². The molecule has 0 atom stereocenters. The van der Waals surface area contributed by atoms with E-state index in [1.54, 1.807) is 6.20 Å². The van der Waals surface area contributed by atoms with Crippen molar-refractivity contribution in [1.82, 2.24) is 4.98 Å². The molecule has 12 heavy (non-hydrogen) atoms. The molecule has 0 bridgehead atoms. The molecule has 0 radical (unpaired) electrons. The molecular weight excluding hydrogens is 172 g/mol. The number of hydrogen-bond donors (Lipinski definition) is 0. The minimum Gasteiger partial charge on any atom is -0.244 e. The van der Waals surface area contributed by atoms with Gasteiger partial charge in [0.05, 0.1) is 12.5 Å². The van der Waals surface area contributed by atoms with Crippen LogP contribution in [0.15, 0.2) is 12.3 Å². The highest BCUT2D eigenvalue weighted by Gasteiger charge is 2.01. The second-order valence-corrected chi connectivity index (χ2v) is 2.84. The topological polar surface area (TPSA) is 36.7 Å². The summed E-state index contributed by atoms with van der Waals surface area (Å²) in [6.07, 6.45) is 2.99. The van der Waals surface area contributed by atoms with E-state index in [0.717, 1.165) is 17.5 Å². The van der Waals surface area contributed by atoms with Crippen LogP contribution >= 0.6 is 11.6 Å². The first-order valence-electron chi connectivity index (χ1n) is 3.78. The Labute approximate surface area is 76.8 Å². The number of hydrogen-bond acceptors (Lipinski definition) is 2. The highest BCUT2D eigenvalue weighted by atomic mass is 35.5. The molecule has 1 aromatic rings. The smallest absolute Gasteiger partial charge is 0.133 e. The summed E-state index contributed by atoms with van der Waals surface area (Å²) < 4.78 is 0. The van der Waals surface area contributed by atoms with E-state index < -0.39 is 0 Å². The third-order valence-corrected chi connectivity index (χ3v) is 1.99. The number of nitriles is 1. The molecule has 1 rings (SSSR count). The van der Waals surface area contributed by atoms with Crippen LogP contribution in [0.2, 0.25) is 5.15 Å². The van der Waals surface area contributed by atoms with E-state index in [2.05, 4.69) is 11.1 Å². The van der Waals surface area contributed by atoms with Crippen molar-refractivity contribution >= 4 is 11.6 Å². The first-order chi connectivity index (χ1) is 5.77. The third-order valence-electron chi connectivity index (χ3n) is 1.65. The molecule has 0 N–H and O–H groups in total. The highest BCUT2D eigenvalue weighted by Crippen LogP contribution is 2.14. The Hall–Kier alpha value is -1.07. The number of rotatable bonds is 2. The zero-order valence-corrected chi connectivity index (χ0v) is 7.60. The first kappa shape index (κ1) is 9.02. The molecule has 1 aromatic heterocycles. The number of halogens is 1. The zero-order valence-electron chi connectivity index (χ0n) is 6.84.